The molecule has 0 aromatic carbocycles. The molecule has 0 fully saturated rings. The van der Waals surface area contributed by atoms with Crippen LogP contribution in [0.25, 0.3) is 0 Å². The molecular formula is C4H5Br. The maximum absolute atomic E-state index is 3.43. The lowest BCUT2D eigenvalue weighted by Crippen LogP contribution is -1.28. The molecule has 0 amide bonds. The van der Waals surface area contributed by atoms with E-state index in [1.54, 1.807) is 17.1 Å². The van der Waals surface area contributed by atoms with Gasteiger partial charge in [-0.05, 0) is 4.99 Å². The van der Waals surface area contributed by atoms with Crippen molar-refractivity contribution in [3.8, 4) is 0 Å². The average Bonchev–Trinajstić information content (AvgIpc) is 1.41. The highest BCUT2D eigenvalue weighted by Gasteiger charge is 1.44. The second-order valence-electron chi connectivity index (χ2n) is 0.554. The summed E-state index contributed by atoms with van der Waals surface area (Å²) in [6.45, 7) is 3.43. The molecule has 0 aromatic rings. The van der Waals surface area contributed by atoms with E-state index < -0.39 is 0 Å². The third-order valence-corrected chi connectivity index (χ3v) is 0.514. The SMILES string of the molecule is C=C/C=C/Br. The Kier molecular flexibility index (Phi) is 3.93. The molecule has 0 saturated carbocycles. The van der Waals surface area contributed by atoms with E-state index in [1.165, 1.54) is 0 Å². The van der Waals surface area contributed by atoms with Crippen LogP contribution in [0.1, 0.15) is 0 Å². The van der Waals surface area contributed by atoms with Crippen LogP contribution in [0.3, 0.4) is 0 Å². The van der Waals surface area contributed by atoms with Gasteiger partial charge in [0.2, 0.25) is 0 Å². The molecule has 0 rings (SSSR count). The quantitative estimate of drug-likeness (QED) is 0.480. The van der Waals surface area contributed by atoms with Gasteiger partial charge in [-0.1, -0.05) is 34.7 Å². The van der Waals surface area contributed by atoms with Crippen molar-refractivity contribution in [1.29, 1.82) is 0 Å². The van der Waals surface area contributed by atoms with E-state index in [4.69, 9.17) is 0 Å². The van der Waals surface area contributed by atoms with Gasteiger partial charge >= 0.3 is 0 Å². The van der Waals surface area contributed by atoms with Gasteiger partial charge in [-0.15, -0.1) is 0 Å². The molecule has 0 saturated heterocycles. The molecule has 0 nitrogen and oxygen atoms in total. The summed E-state index contributed by atoms with van der Waals surface area (Å²) in [7, 11) is 0. The molecule has 28 valence electrons. The maximum Gasteiger partial charge on any atom is -0.0189 e. The third kappa shape index (κ3) is 3.96. The highest BCUT2D eigenvalue weighted by molar-refractivity contribution is 9.11. The zero-order valence-electron chi connectivity index (χ0n) is 2.82. The van der Waals surface area contributed by atoms with Crippen LogP contribution >= 0.6 is 15.9 Å². The van der Waals surface area contributed by atoms with E-state index in [-0.39, 0.29) is 0 Å². The molecule has 0 aliphatic rings. The van der Waals surface area contributed by atoms with Crippen LogP contribution in [-0.2, 0) is 0 Å². The van der Waals surface area contributed by atoms with Gasteiger partial charge in [0.05, 0.1) is 0 Å². The van der Waals surface area contributed by atoms with Crippen molar-refractivity contribution >= 4 is 15.9 Å². The third-order valence-electron chi connectivity index (χ3n) is 0.209. The summed E-state index contributed by atoms with van der Waals surface area (Å²) < 4.78 is 0. The van der Waals surface area contributed by atoms with Crippen molar-refractivity contribution in [1.82, 2.24) is 0 Å². The Bertz CT molecular complexity index is 45.6. The molecule has 0 aliphatic heterocycles. The summed E-state index contributed by atoms with van der Waals surface area (Å²) in [5, 5.41) is 0. The van der Waals surface area contributed by atoms with E-state index in [2.05, 4.69) is 22.5 Å². The van der Waals surface area contributed by atoms with Crippen LogP contribution in [-0.4, -0.2) is 0 Å². The molecule has 1 heteroatoms. The Hall–Kier alpha value is -0.0400. The summed E-state index contributed by atoms with van der Waals surface area (Å²) in [5.74, 6) is 0. The summed E-state index contributed by atoms with van der Waals surface area (Å²) in [5.41, 5.74) is 0. The molecule has 0 aromatic heterocycles. The van der Waals surface area contributed by atoms with E-state index in [9.17, 15) is 0 Å². The summed E-state index contributed by atoms with van der Waals surface area (Å²) in [6, 6.07) is 0. The van der Waals surface area contributed by atoms with Gasteiger partial charge in [-0.2, -0.15) is 0 Å². The lowest BCUT2D eigenvalue weighted by atomic mass is 10.6. The molecule has 0 aliphatic carbocycles. The van der Waals surface area contributed by atoms with E-state index in [0.717, 1.165) is 0 Å². The van der Waals surface area contributed by atoms with E-state index in [0.29, 0.717) is 0 Å². The first kappa shape index (κ1) is 4.96. The second kappa shape index (κ2) is 3.96. The number of allylic oxidation sites excluding steroid dienone is 2. The predicted octanol–water partition coefficient (Wildman–Crippen LogP) is 2.08. The number of rotatable bonds is 1. The van der Waals surface area contributed by atoms with Gasteiger partial charge in [-0.3, -0.25) is 0 Å². The van der Waals surface area contributed by atoms with Gasteiger partial charge in [0.25, 0.3) is 0 Å². The zero-order chi connectivity index (χ0) is 4.12. The van der Waals surface area contributed by atoms with Crippen LogP contribution in [0, 0.1) is 0 Å². The predicted molar refractivity (Wildman–Crippen MR) is 28.3 cm³/mol. The lowest BCUT2D eigenvalue weighted by Gasteiger charge is -1.54. The lowest BCUT2D eigenvalue weighted by molar-refractivity contribution is 2.13. The summed E-state index contributed by atoms with van der Waals surface area (Å²) >= 11 is 3.06. The number of hydrogen-bond donors (Lipinski definition) is 0. The average molecular weight is 133 g/mol. The molecule has 5 heavy (non-hydrogen) atoms. The second-order valence-corrected chi connectivity index (χ2v) is 1.08. The minimum Gasteiger partial charge on any atom is -0.0990 e. The minimum atomic E-state index is 1.70. The van der Waals surface area contributed by atoms with Crippen molar-refractivity contribution in [2.45, 2.75) is 0 Å². The fraction of sp³-hybridized carbons (Fsp3) is 0. The minimum absolute atomic E-state index is 1.70. The zero-order valence-corrected chi connectivity index (χ0v) is 4.40. The Morgan fingerprint density at radius 3 is 2.20 bits per heavy atom. The standard InChI is InChI=1S/C4H5Br/c1-2-3-4-5/h2-4H,1H2/b4-3+. The van der Waals surface area contributed by atoms with Crippen LogP contribution in [0.15, 0.2) is 23.7 Å². The van der Waals surface area contributed by atoms with Crippen molar-refractivity contribution in [2.75, 3.05) is 0 Å². The van der Waals surface area contributed by atoms with Crippen LogP contribution in [0.2, 0.25) is 0 Å². The molecule has 0 bridgehead atoms. The molecule has 0 atom stereocenters. The normalized spacial score (nSPS) is 9.00. The van der Waals surface area contributed by atoms with Crippen LogP contribution < -0.4 is 0 Å². The van der Waals surface area contributed by atoms with E-state index >= 15 is 0 Å². The Labute approximate surface area is 40.3 Å². The molecule has 0 unspecified atom stereocenters. The first-order valence-electron chi connectivity index (χ1n) is 1.29. The number of halogens is 1. The van der Waals surface area contributed by atoms with Crippen LogP contribution in [0.4, 0.5) is 0 Å². The molecular weight excluding hydrogens is 128 g/mol. The summed E-state index contributed by atoms with van der Waals surface area (Å²) in [4.78, 5) is 1.75. The largest absolute Gasteiger partial charge is 0.0990 e. The van der Waals surface area contributed by atoms with Crippen LogP contribution in [0.5, 0.6) is 0 Å². The Morgan fingerprint density at radius 2 is 2.20 bits per heavy atom. The molecule has 0 radical (unpaired) electrons. The van der Waals surface area contributed by atoms with Crippen molar-refractivity contribution in [3.63, 3.8) is 0 Å². The Morgan fingerprint density at radius 1 is 1.60 bits per heavy atom. The van der Waals surface area contributed by atoms with E-state index in [1.807, 2.05) is 0 Å². The fourth-order valence-corrected chi connectivity index (χ4v) is 0.267. The molecule has 0 spiro atoms. The fourth-order valence-electron chi connectivity index (χ4n) is 0.0514. The highest BCUT2D eigenvalue weighted by Crippen LogP contribution is 1.79. The van der Waals surface area contributed by atoms with Gasteiger partial charge in [0, 0.05) is 0 Å². The van der Waals surface area contributed by atoms with Crippen molar-refractivity contribution < 1.29 is 0 Å². The highest BCUT2D eigenvalue weighted by atomic mass is 79.9. The smallest absolute Gasteiger partial charge is 0.0189 e. The van der Waals surface area contributed by atoms with Gasteiger partial charge < -0.3 is 0 Å². The first-order chi connectivity index (χ1) is 2.41. The van der Waals surface area contributed by atoms with Gasteiger partial charge in [0.1, 0.15) is 0 Å². The first-order valence-corrected chi connectivity index (χ1v) is 2.21. The topological polar surface area (TPSA) is 0 Å². The van der Waals surface area contributed by atoms with Crippen molar-refractivity contribution in [2.24, 2.45) is 0 Å². The summed E-state index contributed by atoms with van der Waals surface area (Å²) in [6.07, 6.45) is 3.51. The maximum atomic E-state index is 3.43. The molecule has 0 heterocycles. The van der Waals surface area contributed by atoms with Crippen molar-refractivity contribution in [3.05, 3.63) is 23.7 Å². The molecule has 0 N–H and O–H groups in total. The monoisotopic (exact) mass is 132 g/mol. The van der Waals surface area contributed by atoms with Gasteiger partial charge in [0.15, 0.2) is 0 Å². The Balaban J connectivity index is 2.92. The number of hydrogen-bond acceptors (Lipinski definition) is 0. The van der Waals surface area contributed by atoms with Gasteiger partial charge in [-0.25, -0.2) is 0 Å².